The Morgan fingerprint density at radius 2 is 2.08 bits per heavy atom. The molecule has 0 aliphatic rings. The van der Waals surface area contributed by atoms with Gasteiger partial charge in [-0.05, 0) is 25.5 Å². The minimum absolute atomic E-state index is 0.137. The van der Waals surface area contributed by atoms with Gasteiger partial charge in [-0.3, -0.25) is 0 Å². The maximum absolute atomic E-state index is 8.56. The van der Waals surface area contributed by atoms with Gasteiger partial charge in [0, 0.05) is 12.0 Å². The van der Waals surface area contributed by atoms with E-state index in [1.165, 1.54) is 11.1 Å². The van der Waals surface area contributed by atoms with Gasteiger partial charge in [-0.1, -0.05) is 29.5 Å². The van der Waals surface area contributed by atoms with Crippen LogP contribution >= 0.6 is 0 Å². The van der Waals surface area contributed by atoms with E-state index in [1.807, 2.05) is 6.07 Å². The fraction of sp³-hybridized carbons (Fsp3) is 0.333. The van der Waals surface area contributed by atoms with Crippen LogP contribution < -0.4 is 0 Å². The highest BCUT2D eigenvalue weighted by atomic mass is 16.2. The SMILES string of the molecule is Cc1ccc(C#CCCO)c(C)c1. The maximum atomic E-state index is 8.56. The first-order valence-corrected chi connectivity index (χ1v) is 4.41. The second kappa shape index (κ2) is 4.69. The van der Waals surface area contributed by atoms with Crippen LogP contribution in [0, 0.1) is 25.7 Å². The van der Waals surface area contributed by atoms with Crippen LogP contribution in [0.25, 0.3) is 0 Å². The molecule has 0 saturated heterocycles. The maximum Gasteiger partial charge on any atom is 0.0540 e. The van der Waals surface area contributed by atoms with Crippen molar-refractivity contribution in [1.29, 1.82) is 0 Å². The Hall–Kier alpha value is -1.26. The highest BCUT2D eigenvalue weighted by Crippen LogP contribution is 2.08. The normalized spacial score (nSPS) is 9.15. The molecular weight excluding hydrogens is 160 g/mol. The predicted molar refractivity (Wildman–Crippen MR) is 54.5 cm³/mol. The van der Waals surface area contributed by atoms with Gasteiger partial charge in [-0.2, -0.15) is 0 Å². The molecule has 0 radical (unpaired) electrons. The lowest BCUT2D eigenvalue weighted by Gasteiger charge is -1.98. The van der Waals surface area contributed by atoms with Gasteiger partial charge in [0.15, 0.2) is 0 Å². The lowest BCUT2D eigenvalue weighted by Crippen LogP contribution is -1.84. The van der Waals surface area contributed by atoms with E-state index in [2.05, 4.69) is 37.8 Å². The first kappa shape index (κ1) is 9.83. The van der Waals surface area contributed by atoms with Gasteiger partial charge in [-0.15, -0.1) is 0 Å². The molecule has 1 rings (SSSR count). The van der Waals surface area contributed by atoms with Gasteiger partial charge in [-0.25, -0.2) is 0 Å². The van der Waals surface area contributed by atoms with Gasteiger partial charge < -0.3 is 5.11 Å². The van der Waals surface area contributed by atoms with Crippen LogP contribution in [0.4, 0.5) is 0 Å². The van der Waals surface area contributed by atoms with Crippen molar-refractivity contribution in [1.82, 2.24) is 0 Å². The molecule has 13 heavy (non-hydrogen) atoms. The molecule has 1 N–H and O–H groups in total. The summed E-state index contributed by atoms with van der Waals surface area (Å²) >= 11 is 0. The summed E-state index contributed by atoms with van der Waals surface area (Å²) in [6.45, 7) is 4.26. The number of aliphatic hydroxyl groups is 1. The molecule has 1 heteroatoms. The molecular formula is C12H14O. The van der Waals surface area contributed by atoms with Crippen molar-refractivity contribution in [3.8, 4) is 11.8 Å². The van der Waals surface area contributed by atoms with E-state index in [0.29, 0.717) is 6.42 Å². The van der Waals surface area contributed by atoms with Crippen molar-refractivity contribution < 1.29 is 5.11 Å². The third-order valence-corrected chi connectivity index (χ3v) is 1.84. The summed E-state index contributed by atoms with van der Waals surface area (Å²) in [6.07, 6.45) is 0.549. The second-order valence-corrected chi connectivity index (χ2v) is 3.09. The third kappa shape index (κ3) is 2.93. The summed E-state index contributed by atoms with van der Waals surface area (Å²) in [6, 6.07) is 6.19. The fourth-order valence-corrected chi connectivity index (χ4v) is 1.17. The van der Waals surface area contributed by atoms with E-state index in [1.54, 1.807) is 0 Å². The molecule has 0 bridgehead atoms. The Morgan fingerprint density at radius 3 is 2.69 bits per heavy atom. The zero-order valence-electron chi connectivity index (χ0n) is 8.09. The van der Waals surface area contributed by atoms with Gasteiger partial charge in [0.1, 0.15) is 0 Å². The summed E-state index contributed by atoms with van der Waals surface area (Å²) in [7, 11) is 0. The van der Waals surface area contributed by atoms with Gasteiger partial charge >= 0.3 is 0 Å². The van der Waals surface area contributed by atoms with Gasteiger partial charge in [0.25, 0.3) is 0 Å². The van der Waals surface area contributed by atoms with Crippen LogP contribution in [0.1, 0.15) is 23.1 Å². The smallest absolute Gasteiger partial charge is 0.0540 e. The topological polar surface area (TPSA) is 20.2 Å². The molecule has 1 aromatic carbocycles. The first-order chi connectivity index (χ1) is 6.24. The molecule has 0 atom stereocenters. The van der Waals surface area contributed by atoms with Crippen molar-refractivity contribution in [2.24, 2.45) is 0 Å². The highest BCUT2D eigenvalue weighted by Gasteiger charge is 1.92. The minimum Gasteiger partial charge on any atom is -0.395 e. The molecule has 1 aromatic rings. The summed E-state index contributed by atoms with van der Waals surface area (Å²) in [4.78, 5) is 0. The van der Waals surface area contributed by atoms with Gasteiger partial charge in [0.05, 0.1) is 6.61 Å². The Kier molecular flexibility index (Phi) is 3.54. The molecule has 0 amide bonds. The van der Waals surface area contributed by atoms with Crippen molar-refractivity contribution in [2.45, 2.75) is 20.3 Å². The number of hydrogen-bond donors (Lipinski definition) is 1. The second-order valence-electron chi connectivity index (χ2n) is 3.09. The third-order valence-electron chi connectivity index (χ3n) is 1.84. The van der Waals surface area contributed by atoms with E-state index in [4.69, 9.17) is 5.11 Å². The number of benzene rings is 1. The Labute approximate surface area is 79.4 Å². The van der Waals surface area contributed by atoms with Crippen LogP contribution in [-0.2, 0) is 0 Å². The molecule has 0 aliphatic carbocycles. The van der Waals surface area contributed by atoms with Crippen LogP contribution in [0.3, 0.4) is 0 Å². The molecule has 1 nitrogen and oxygen atoms in total. The van der Waals surface area contributed by atoms with Crippen LogP contribution in [0.5, 0.6) is 0 Å². The predicted octanol–water partition coefficient (Wildman–Crippen LogP) is 2.04. The van der Waals surface area contributed by atoms with Crippen molar-refractivity contribution in [3.05, 3.63) is 34.9 Å². The number of aryl methyl sites for hydroxylation is 2. The Balaban J connectivity index is 2.85. The molecule has 0 spiro atoms. The zero-order valence-corrected chi connectivity index (χ0v) is 8.09. The molecule has 0 saturated carbocycles. The number of hydrogen-bond acceptors (Lipinski definition) is 1. The molecule has 0 unspecified atom stereocenters. The van der Waals surface area contributed by atoms with E-state index < -0.39 is 0 Å². The van der Waals surface area contributed by atoms with Gasteiger partial charge in [0.2, 0.25) is 0 Å². The Morgan fingerprint density at radius 1 is 1.31 bits per heavy atom. The van der Waals surface area contributed by atoms with Crippen molar-refractivity contribution >= 4 is 0 Å². The fourth-order valence-electron chi connectivity index (χ4n) is 1.17. The summed E-state index contributed by atoms with van der Waals surface area (Å²) < 4.78 is 0. The monoisotopic (exact) mass is 174 g/mol. The van der Waals surface area contributed by atoms with Crippen LogP contribution in [0.2, 0.25) is 0 Å². The van der Waals surface area contributed by atoms with Crippen LogP contribution in [-0.4, -0.2) is 11.7 Å². The highest BCUT2D eigenvalue weighted by molar-refractivity contribution is 5.42. The lowest BCUT2D eigenvalue weighted by atomic mass is 10.1. The molecule has 0 fully saturated rings. The molecule has 0 heterocycles. The first-order valence-electron chi connectivity index (χ1n) is 4.41. The summed E-state index contributed by atoms with van der Waals surface area (Å²) in [5.74, 6) is 5.94. The van der Waals surface area contributed by atoms with E-state index >= 15 is 0 Å². The van der Waals surface area contributed by atoms with Crippen LogP contribution in [0.15, 0.2) is 18.2 Å². The largest absolute Gasteiger partial charge is 0.395 e. The van der Waals surface area contributed by atoms with Crippen molar-refractivity contribution in [3.63, 3.8) is 0 Å². The summed E-state index contributed by atoms with van der Waals surface area (Å²) in [5, 5.41) is 8.56. The molecule has 68 valence electrons. The van der Waals surface area contributed by atoms with Crippen molar-refractivity contribution in [2.75, 3.05) is 6.61 Å². The number of aliphatic hydroxyl groups excluding tert-OH is 1. The quantitative estimate of drug-likeness (QED) is 0.646. The van der Waals surface area contributed by atoms with E-state index in [9.17, 15) is 0 Å². The minimum atomic E-state index is 0.137. The lowest BCUT2D eigenvalue weighted by molar-refractivity contribution is 0.305. The Bertz CT molecular complexity index is 342. The molecule has 0 aliphatic heterocycles. The number of rotatable bonds is 1. The average molecular weight is 174 g/mol. The standard InChI is InChI=1S/C12H14O/c1-10-6-7-12(11(2)9-10)5-3-4-8-13/h6-7,9,13H,4,8H2,1-2H3. The summed E-state index contributed by atoms with van der Waals surface area (Å²) in [5.41, 5.74) is 3.51. The van der Waals surface area contributed by atoms with E-state index in [0.717, 1.165) is 5.56 Å². The zero-order chi connectivity index (χ0) is 9.68. The van der Waals surface area contributed by atoms with E-state index in [-0.39, 0.29) is 6.61 Å². The average Bonchev–Trinajstić information content (AvgIpc) is 2.09. The molecule has 0 aromatic heterocycles.